The molecule has 0 bridgehead atoms. The van der Waals surface area contributed by atoms with Crippen molar-refractivity contribution in [1.82, 2.24) is 19.9 Å². The van der Waals surface area contributed by atoms with Crippen LogP contribution in [0.15, 0.2) is 21.4 Å². The van der Waals surface area contributed by atoms with Crippen LogP contribution in [-0.2, 0) is 26.0 Å². The first-order valence-electron chi connectivity index (χ1n) is 12.4. The number of carbonyl (C=O) groups excluding carboxylic acids is 1. The summed E-state index contributed by atoms with van der Waals surface area (Å²) in [4.78, 5) is 15.3. The fraction of sp³-hybridized carbons (Fsp3) is 0.500. The minimum absolute atomic E-state index is 0.0310. The van der Waals surface area contributed by atoms with Crippen LogP contribution in [0, 0.1) is 5.92 Å². The van der Waals surface area contributed by atoms with Gasteiger partial charge < -0.3 is 9.15 Å². The number of ether oxygens (including phenoxy) is 1. The van der Waals surface area contributed by atoms with Gasteiger partial charge in [0.05, 0.1) is 20.6 Å². The predicted octanol–water partition coefficient (Wildman–Crippen LogP) is 6.16. The number of carbonyl (C=O) groups is 1. The van der Waals surface area contributed by atoms with E-state index in [2.05, 4.69) is 10.2 Å². The fourth-order valence-electron chi connectivity index (χ4n) is 4.48. The molecule has 16 heteroatoms. The smallest absolute Gasteiger partial charge is 0.404 e. The highest BCUT2D eigenvalue weighted by atomic mass is 35.5. The average molecular weight is 640 g/mol. The molecule has 1 aromatic carbocycles. The molecule has 2 aliphatic carbocycles. The normalized spacial score (nSPS) is 20.6. The van der Waals surface area contributed by atoms with E-state index in [1.165, 1.54) is 17.4 Å². The number of hydrogen-bond acceptors (Lipinski definition) is 9. The third-order valence-corrected chi connectivity index (χ3v) is 10.8. The van der Waals surface area contributed by atoms with E-state index in [1.807, 2.05) is 0 Å². The van der Waals surface area contributed by atoms with Crippen molar-refractivity contribution in [2.24, 2.45) is 5.92 Å². The summed E-state index contributed by atoms with van der Waals surface area (Å²) in [6, 6.07) is 0.206. The van der Waals surface area contributed by atoms with Gasteiger partial charge in [0.15, 0.2) is 5.01 Å². The molecular formula is C24H23Cl2F3N4O5S2. The maximum absolute atomic E-state index is 13.0. The molecule has 0 amide bonds. The van der Waals surface area contributed by atoms with Crippen LogP contribution in [0.3, 0.4) is 0 Å². The predicted molar refractivity (Wildman–Crippen MR) is 141 cm³/mol. The van der Waals surface area contributed by atoms with E-state index >= 15 is 0 Å². The van der Waals surface area contributed by atoms with Crippen LogP contribution in [0.4, 0.5) is 13.2 Å². The maximum atomic E-state index is 13.0. The highest BCUT2D eigenvalue weighted by Crippen LogP contribution is 2.45. The van der Waals surface area contributed by atoms with Gasteiger partial charge in [0, 0.05) is 11.5 Å². The molecule has 5 rings (SSSR count). The van der Waals surface area contributed by atoms with Crippen molar-refractivity contribution in [3.05, 3.63) is 33.8 Å². The highest BCUT2D eigenvalue weighted by Gasteiger charge is 2.40. The quantitative estimate of drug-likeness (QED) is 0.262. The van der Waals surface area contributed by atoms with Gasteiger partial charge in [0.2, 0.25) is 15.9 Å². The lowest BCUT2D eigenvalue weighted by Gasteiger charge is -2.30. The van der Waals surface area contributed by atoms with E-state index in [-0.39, 0.29) is 22.9 Å². The highest BCUT2D eigenvalue weighted by molar-refractivity contribution is 7.89. The van der Waals surface area contributed by atoms with Gasteiger partial charge in [-0.25, -0.2) is 13.4 Å². The molecule has 2 aliphatic rings. The Balaban J connectivity index is 1.46. The molecule has 0 radical (unpaired) electrons. The lowest BCUT2D eigenvalue weighted by atomic mass is 9.82. The lowest BCUT2D eigenvalue weighted by molar-refractivity contribution is -0.147. The SMILES string of the molecule is C[C@H](NS(=O)(=O)c1ccc(-c2sc(-c3nnc(C4CC(OC=O)C4)o3)nc2CC2CCC2)c(Cl)c1Cl)C(F)(F)F. The Morgan fingerprint density at radius 3 is 2.58 bits per heavy atom. The van der Waals surface area contributed by atoms with Gasteiger partial charge in [-0.05, 0) is 38.2 Å². The van der Waals surface area contributed by atoms with Crippen LogP contribution < -0.4 is 4.72 Å². The number of aromatic nitrogens is 3. The van der Waals surface area contributed by atoms with Crippen LogP contribution in [0.1, 0.15) is 56.5 Å². The van der Waals surface area contributed by atoms with E-state index in [4.69, 9.17) is 37.3 Å². The van der Waals surface area contributed by atoms with Gasteiger partial charge in [-0.3, -0.25) is 4.79 Å². The summed E-state index contributed by atoms with van der Waals surface area (Å²) in [7, 11) is -4.63. The Hall–Kier alpha value is -2.26. The maximum Gasteiger partial charge on any atom is 0.404 e. The summed E-state index contributed by atoms with van der Waals surface area (Å²) in [6.45, 7) is 1.11. The molecule has 216 valence electrons. The molecule has 0 saturated heterocycles. The number of halogens is 5. The Morgan fingerprint density at radius 2 is 1.95 bits per heavy atom. The molecule has 40 heavy (non-hydrogen) atoms. The van der Waals surface area contributed by atoms with Gasteiger partial charge in [-0.2, -0.15) is 17.9 Å². The molecule has 1 atom stereocenters. The van der Waals surface area contributed by atoms with E-state index in [0.717, 1.165) is 25.3 Å². The fourth-order valence-corrected chi connectivity index (χ4v) is 7.68. The monoisotopic (exact) mass is 638 g/mol. The van der Waals surface area contributed by atoms with Crippen molar-refractivity contribution < 1.29 is 35.5 Å². The van der Waals surface area contributed by atoms with Crippen molar-refractivity contribution in [2.45, 2.75) is 74.6 Å². The topological polar surface area (TPSA) is 124 Å². The molecule has 2 saturated carbocycles. The van der Waals surface area contributed by atoms with Gasteiger partial charge in [0.25, 0.3) is 12.4 Å². The molecule has 0 aliphatic heterocycles. The number of benzene rings is 1. The van der Waals surface area contributed by atoms with E-state index in [0.29, 0.717) is 65.6 Å². The van der Waals surface area contributed by atoms with Crippen molar-refractivity contribution in [2.75, 3.05) is 0 Å². The van der Waals surface area contributed by atoms with Crippen molar-refractivity contribution >= 4 is 51.0 Å². The number of sulfonamides is 1. The first-order valence-corrected chi connectivity index (χ1v) is 15.4. The second kappa shape index (κ2) is 11.2. The molecule has 9 nitrogen and oxygen atoms in total. The number of nitrogens with zero attached hydrogens (tertiary/aromatic N) is 3. The first kappa shape index (κ1) is 29.2. The van der Waals surface area contributed by atoms with Crippen molar-refractivity contribution in [1.29, 1.82) is 0 Å². The number of thiazole rings is 1. The minimum Gasteiger partial charge on any atom is -0.465 e. The molecule has 1 N–H and O–H groups in total. The van der Waals surface area contributed by atoms with E-state index < -0.39 is 32.2 Å². The second-order valence-corrected chi connectivity index (χ2v) is 13.3. The third kappa shape index (κ3) is 5.87. The molecule has 0 unspecified atom stereocenters. The zero-order chi connectivity index (χ0) is 28.8. The Bertz CT molecular complexity index is 1520. The van der Waals surface area contributed by atoms with Crippen molar-refractivity contribution in [3.63, 3.8) is 0 Å². The van der Waals surface area contributed by atoms with E-state index in [1.54, 1.807) is 4.72 Å². The summed E-state index contributed by atoms with van der Waals surface area (Å²) in [5, 5.41) is 8.17. The number of nitrogens with one attached hydrogen (secondary N) is 1. The molecule has 2 heterocycles. The van der Waals surface area contributed by atoms with Crippen LogP contribution in [0.2, 0.25) is 10.0 Å². The van der Waals surface area contributed by atoms with Gasteiger partial charge in [0.1, 0.15) is 17.0 Å². The van der Waals surface area contributed by atoms with E-state index in [9.17, 15) is 26.4 Å². The largest absolute Gasteiger partial charge is 0.465 e. The summed E-state index contributed by atoms with van der Waals surface area (Å²) in [5.74, 6) is 0.997. The molecular weight excluding hydrogens is 616 g/mol. The minimum atomic E-state index is -4.78. The van der Waals surface area contributed by atoms with Gasteiger partial charge in [-0.15, -0.1) is 21.5 Å². The lowest BCUT2D eigenvalue weighted by Crippen LogP contribution is -2.43. The summed E-state index contributed by atoms with van der Waals surface area (Å²) < 4.78 is 76.7. The summed E-state index contributed by atoms with van der Waals surface area (Å²) in [6.07, 6.45) is 0.0316. The van der Waals surface area contributed by atoms with Gasteiger partial charge >= 0.3 is 6.18 Å². The molecule has 3 aromatic rings. The Morgan fingerprint density at radius 1 is 1.23 bits per heavy atom. The second-order valence-electron chi connectivity index (χ2n) is 9.89. The molecule has 2 aromatic heterocycles. The van der Waals surface area contributed by atoms with Crippen LogP contribution in [0.5, 0.6) is 0 Å². The van der Waals surface area contributed by atoms with Crippen LogP contribution in [-0.4, -0.2) is 48.4 Å². The van der Waals surface area contributed by atoms with Crippen molar-refractivity contribution in [3.8, 4) is 21.3 Å². The van der Waals surface area contributed by atoms with Crippen LogP contribution >= 0.6 is 34.5 Å². The zero-order valence-corrected chi connectivity index (χ0v) is 24.0. The first-order chi connectivity index (χ1) is 18.9. The molecule has 2 fully saturated rings. The summed E-state index contributed by atoms with van der Waals surface area (Å²) in [5.41, 5.74) is 1.09. The average Bonchev–Trinajstić information content (AvgIpc) is 3.46. The zero-order valence-electron chi connectivity index (χ0n) is 20.9. The van der Waals surface area contributed by atoms with Crippen LogP contribution in [0.25, 0.3) is 21.3 Å². The number of rotatable bonds is 10. The number of alkyl halides is 3. The Kier molecular flexibility index (Phi) is 8.18. The standard InChI is InChI=1S/C24H23Cl2F3N4O5S2/c1-11(24(27,28)29)33-40(35,36)17-6-5-15(18(25)19(17)26)20-16(7-12-3-2-4-12)30-23(39-20)22-32-31-21(38-22)13-8-14(9-13)37-10-34/h5-6,10-14,33H,2-4,7-9H2,1H3/t11-,13?,14?/m0/s1. The number of hydrogen-bond donors (Lipinski definition) is 1. The van der Waals surface area contributed by atoms with Gasteiger partial charge in [-0.1, -0.05) is 48.5 Å². The third-order valence-electron chi connectivity index (χ3n) is 7.12. The molecule has 0 spiro atoms. The summed E-state index contributed by atoms with van der Waals surface area (Å²) >= 11 is 14.1. The Labute approximate surface area is 241 Å².